The van der Waals surface area contributed by atoms with E-state index in [1.165, 1.54) is 6.07 Å². The van der Waals surface area contributed by atoms with Crippen molar-refractivity contribution in [3.05, 3.63) is 39.4 Å². The van der Waals surface area contributed by atoms with Gasteiger partial charge in [0.2, 0.25) is 5.91 Å². The van der Waals surface area contributed by atoms with Gasteiger partial charge in [0, 0.05) is 11.6 Å². The Hall–Kier alpha value is -2.44. The molecule has 0 saturated carbocycles. The molecular formula is C10H10N2O5. The van der Waals surface area contributed by atoms with Crippen molar-refractivity contribution in [2.75, 3.05) is 6.61 Å². The molecule has 0 saturated heterocycles. The lowest BCUT2D eigenvalue weighted by molar-refractivity contribution is -0.385. The summed E-state index contributed by atoms with van der Waals surface area (Å²) < 4.78 is 4.66. The number of rotatable bonds is 4. The number of amides is 1. The number of benzene rings is 1. The third-order valence-corrected chi connectivity index (χ3v) is 1.97. The number of nitrogens with zero attached hydrogens (tertiary/aromatic N) is 1. The Kier molecular flexibility index (Phi) is 3.76. The third-order valence-electron chi connectivity index (χ3n) is 1.97. The minimum absolute atomic E-state index is 0.0373. The SMILES string of the molecule is CCOC(=O)c1ccc(C(N)=O)cc1[N+](=O)[O-]. The van der Waals surface area contributed by atoms with Crippen LogP contribution in [-0.4, -0.2) is 23.4 Å². The fourth-order valence-corrected chi connectivity index (χ4v) is 1.22. The molecule has 90 valence electrons. The largest absolute Gasteiger partial charge is 0.462 e. The summed E-state index contributed by atoms with van der Waals surface area (Å²) >= 11 is 0. The van der Waals surface area contributed by atoms with E-state index in [0.717, 1.165) is 12.1 Å². The number of nitro groups is 1. The van der Waals surface area contributed by atoms with Crippen molar-refractivity contribution < 1.29 is 19.2 Å². The maximum absolute atomic E-state index is 11.4. The average Bonchev–Trinajstić information content (AvgIpc) is 2.28. The molecule has 0 fully saturated rings. The van der Waals surface area contributed by atoms with Crippen molar-refractivity contribution in [3.8, 4) is 0 Å². The van der Waals surface area contributed by atoms with Gasteiger partial charge in [0.1, 0.15) is 5.56 Å². The highest BCUT2D eigenvalue weighted by Crippen LogP contribution is 2.21. The van der Waals surface area contributed by atoms with Gasteiger partial charge in [-0.05, 0) is 19.1 Å². The Labute approximate surface area is 96.3 Å². The summed E-state index contributed by atoms with van der Waals surface area (Å²) in [5.74, 6) is -1.61. The first-order valence-electron chi connectivity index (χ1n) is 4.72. The van der Waals surface area contributed by atoms with Crippen LogP contribution in [0.25, 0.3) is 0 Å². The number of nitrogens with two attached hydrogens (primary N) is 1. The molecule has 17 heavy (non-hydrogen) atoms. The van der Waals surface area contributed by atoms with Gasteiger partial charge >= 0.3 is 5.97 Å². The van der Waals surface area contributed by atoms with E-state index in [2.05, 4.69) is 4.74 Å². The summed E-state index contributed by atoms with van der Waals surface area (Å²) in [4.78, 5) is 32.3. The third kappa shape index (κ3) is 2.77. The van der Waals surface area contributed by atoms with Gasteiger partial charge < -0.3 is 10.5 Å². The number of hydrogen-bond acceptors (Lipinski definition) is 5. The van der Waals surface area contributed by atoms with E-state index in [1.54, 1.807) is 6.92 Å². The molecule has 1 rings (SSSR count). The molecule has 0 aliphatic rings. The zero-order chi connectivity index (χ0) is 13.0. The molecule has 0 unspecified atom stereocenters. The van der Waals surface area contributed by atoms with Crippen LogP contribution < -0.4 is 5.73 Å². The molecule has 1 aromatic carbocycles. The Morgan fingerprint density at radius 1 is 1.47 bits per heavy atom. The standard InChI is InChI=1S/C10H10N2O5/c1-2-17-10(14)7-4-3-6(9(11)13)5-8(7)12(15)16/h3-5H,2H2,1H3,(H2,11,13). The van der Waals surface area contributed by atoms with Crippen LogP contribution in [0.3, 0.4) is 0 Å². The lowest BCUT2D eigenvalue weighted by Gasteiger charge is -2.03. The fourth-order valence-electron chi connectivity index (χ4n) is 1.22. The van der Waals surface area contributed by atoms with Crippen LogP contribution in [0.1, 0.15) is 27.6 Å². The maximum Gasteiger partial charge on any atom is 0.345 e. The molecule has 2 N–H and O–H groups in total. The van der Waals surface area contributed by atoms with Gasteiger partial charge in [-0.15, -0.1) is 0 Å². The minimum Gasteiger partial charge on any atom is -0.462 e. The van der Waals surface area contributed by atoms with Crippen LogP contribution in [0.4, 0.5) is 5.69 Å². The van der Waals surface area contributed by atoms with E-state index in [4.69, 9.17) is 5.73 Å². The van der Waals surface area contributed by atoms with E-state index in [0.29, 0.717) is 0 Å². The molecule has 0 aliphatic heterocycles. The van der Waals surface area contributed by atoms with Crippen LogP contribution in [0, 0.1) is 10.1 Å². The van der Waals surface area contributed by atoms with Gasteiger partial charge in [0.25, 0.3) is 5.69 Å². The molecule has 0 spiro atoms. The lowest BCUT2D eigenvalue weighted by atomic mass is 10.1. The van der Waals surface area contributed by atoms with Crippen molar-refractivity contribution in [2.45, 2.75) is 6.92 Å². The summed E-state index contributed by atoms with van der Waals surface area (Å²) in [6.45, 7) is 1.69. The van der Waals surface area contributed by atoms with Crippen LogP contribution in [0.5, 0.6) is 0 Å². The van der Waals surface area contributed by atoms with Crippen LogP contribution in [0.15, 0.2) is 18.2 Å². The Morgan fingerprint density at radius 3 is 2.59 bits per heavy atom. The first-order valence-corrected chi connectivity index (χ1v) is 4.72. The highest BCUT2D eigenvalue weighted by atomic mass is 16.6. The predicted octanol–water partition coefficient (Wildman–Crippen LogP) is 0.870. The van der Waals surface area contributed by atoms with Gasteiger partial charge in [-0.2, -0.15) is 0 Å². The van der Waals surface area contributed by atoms with Crippen molar-refractivity contribution >= 4 is 17.6 Å². The number of primary amides is 1. The first-order chi connectivity index (χ1) is 7.97. The zero-order valence-corrected chi connectivity index (χ0v) is 9.00. The summed E-state index contributed by atoms with van der Waals surface area (Å²) in [5.41, 5.74) is 4.25. The Bertz CT molecular complexity index is 484. The number of ether oxygens (including phenoxy) is 1. The normalized spacial score (nSPS) is 9.71. The highest BCUT2D eigenvalue weighted by molar-refractivity contribution is 5.98. The predicted molar refractivity (Wildman–Crippen MR) is 57.6 cm³/mol. The van der Waals surface area contributed by atoms with Gasteiger partial charge in [-0.3, -0.25) is 14.9 Å². The molecular weight excluding hydrogens is 228 g/mol. The van der Waals surface area contributed by atoms with E-state index in [-0.39, 0.29) is 17.7 Å². The lowest BCUT2D eigenvalue weighted by Crippen LogP contribution is -2.13. The van der Waals surface area contributed by atoms with E-state index >= 15 is 0 Å². The molecule has 7 nitrogen and oxygen atoms in total. The van der Waals surface area contributed by atoms with Gasteiger partial charge in [-0.1, -0.05) is 0 Å². The molecule has 0 radical (unpaired) electrons. The summed E-state index contributed by atoms with van der Waals surface area (Å²) in [6, 6.07) is 3.34. The van der Waals surface area contributed by atoms with Crippen molar-refractivity contribution in [1.82, 2.24) is 0 Å². The zero-order valence-electron chi connectivity index (χ0n) is 9.00. The van der Waals surface area contributed by atoms with Crippen molar-refractivity contribution in [3.63, 3.8) is 0 Å². The topological polar surface area (TPSA) is 113 Å². The molecule has 0 aliphatic carbocycles. The smallest absolute Gasteiger partial charge is 0.345 e. The fraction of sp³-hybridized carbons (Fsp3) is 0.200. The minimum atomic E-state index is -0.810. The number of carbonyl (C=O) groups excluding carboxylic acids is 2. The molecule has 1 amide bonds. The summed E-state index contributed by atoms with van der Waals surface area (Å²) in [6.07, 6.45) is 0. The second-order valence-corrected chi connectivity index (χ2v) is 3.07. The molecule has 0 atom stereocenters. The van der Waals surface area contributed by atoms with Gasteiger partial charge in [-0.25, -0.2) is 4.79 Å². The molecule has 0 heterocycles. The number of nitro benzene ring substituents is 1. The van der Waals surface area contributed by atoms with E-state index < -0.39 is 22.5 Å². The number of carbonyl (C=O) groups is 2. The van der Waals surface area contributed by atoms with Crippen molar-refractivity contribution in [2.24, 2.45) is 5.73 Å². The van der Waals surface area contributed by atoms with Gasteiger partial charge in [0.05, 0.1) is 11.5 Å². The maximum atomic E-state index is 11.4. The summed E-state index contributed by atoms with van der Waals surface area (Å²) in [5, 5.41) is 10.8. The quantitative estimate of drug-likeness (QED) is 0.475. The molecule has 1 aromatic rings. The van der Waals surface area contributed by atoms with E-state index in [9.17, 15) is 19.7 Å². The van der Waals surface area contributed by atoms with E-state index in [1.807, 2.05) is 0 Å². The number of esters is 1. The Balaban J connectivity index is 3.27. The Morgan fingerprint density at radius 2 is 2.12 bits per heavy atom. The van der Waals surface area contributed by atoms with Crippen LogP contribution in [0.2, 0.25) is 0 Å². The monoisotopic (exact) mass is 238 g/mol. The molecule has 0 bridgehead atoms. The van der Waals surface area contributed by atoms with Crippen LogP contribution in [-0.2, 0) is 4.74 Å². The van der Waals surface area contributed by atoms with Crippen molar-refractivity contribution in [1.29, 1.82) is 0 Å². The van der Waals surface area contributed by atoms with Gasteiger partial charge in [0.15, 0.2) is 0 Å². The molecule has 0 aromatic heterocycles. The average molecular weight is 238 g/mol. The van der Waals surface area contributed by atoms with Crippen LogP contribution >= 0.6 is 0 Å². The molecule has 7 heteroatoms. The first kappa shape index (κ1) is 12.6. The second-order valence-electron chi connectivity index (χ2n) is 3.07. The number of hydrogen-bond donors (Lipinski definition) is 1. The highest BCUT2D eigenvalue weighted by Gasteiger charge is 2.22. The second kappa shape index (κ2) is 5.06. The summed E-state index contributed by atoms with van der Waals surface area (Å²) in [7, 11) is 0.